The monoisotopic (exact) mass is 376 g/mol. The van der Waals surface area contributed by atoms with Crippen molar-refractivity contribution in [2.24, 2.45) is 5.92 Å². The summed E-state index contributed by atoms with van der Waals surface area (Å²) in [7, 11) is 0. The molecule has 0 bridgehead atoms. The minimum atomic E-state index is 0.663. The highest BCUT2D eigenvalue weighted by Crippen LogP contribution is 2.28. The van der Waals surface area contributed by atoms with Gasteiger partial charge in [-0.15, -0.1) is 0 Å². The molecule has 6 heteroatoms. The molecule has 6 nitrogen and oxygen atoms in total. The van der Waals surface area contributed by atoms with Crippen LogP contribution in [0.3, 0.4) is 0 Å². The molecule has 0 amide bonds. The number of fused-ring (bicyclic) bond motifs is 1. The first-order valence-corrected chi connectivity index (χ1v) is 10.1. The number of benzene rings is 1. The standard InChI is InChI=1S/C22H28N6/c1-16(2)5-7-25-22-19-13-17(3-4-20(19)26-15-27-22)18-6-8-24-21(14-18)28-11-9-23-10-12-28/h3-4,6,8,13-16,23H,5,7,9-12H2,1-2H3,(H,25,26,27). The van der Waals surface area contributed by atoms with Crippen molar-refractivity contribution in [2.45, 2.75) is 20.3 Å². The van der Waals surface area contributed by atoms with E-state index in [0.717, 1.165) is 67.2 Å². The summed E-state index contributed by atoms with van der Waals surface area (Å²) >= 11 is 0. The molecule has 0 unspecified atom stereocenters. The minimum absolute atomic E-state index is 0.663. The second-order valence-corrected chi connectivity index (χ2v) is 7.70. The fraction of sp³-hybridized carbons (Fsp3) is 0.409. The largest absolute Gasteiger partial charge is 0.369 e. The number of hydrogen-bond acceptors (Lipinski definition) is 6. The summed E-state index contributed by atoms with van der Waals surface area (Å²) in [5.41, 5.74) is 3.29. The van der Waals surface area contributed by atoms with Gasteiger partial charge in [-0.2, -0.15) is 0 Å². The lowest BCUT2D eigenvalue weighted by Gasteiger charge is -2.28. The summed E-state index contributed by atoms with van der Waals surface area (Å²) in [5.74, 6) is 2.61. The fourth-order valence-corrected chi connectivity index (χ4v) is 3.52. The van der Waals surface area contributed by atoms with Crippen LogP contribution in [0.5, 0.6) is 0 Å². The lowest BCUT2D eigenvalue weighted by atomic mass is 10.0. The minimum Gasteiger partial charge on any atom is -0.369 e. The lowest BCUT2D eigenvalue weighted by molar-refractivity contribution is 0.585. The first kappa shape index (κ1) is 18.6. The maximum atomic E-state index is 4.59. The van der Waals surface area contributed by atoms with Crippen molar-refractivity contribution in [1.29, 1.82) is 0 Å². The molecule has 2 N–H and O–H groups in total. The van der Waals surface area contributed by atoms with Crippen LogP contribution in [0.25, 0.3) is 22.0 Å². The van der Waals surface area contributed by atoms with E-state index in [0.29, 0.717) is 5.92 Å². The number of rotatable bonds is 6. The van der Waals surface area contributed by atoms with Crippen molar-refractivity contribution in [1.82, 2.24) is 20.3 Å². The predicted molar refractivity (Wildman–Crippen MR) is 116 cm³/mol. The highest BCUT2D eigenvalue weighted by Gasteiger charge is 2.13. The fourth-order valence-electron chi connectivity index (χ4n) is 3.52. The predicted octanol–water partition coefficient (Wildman–Crippen LogP) is 3.56. The smallest absolute Gasteiger partial charge is 0.137 e. The van der Waals surface area contributed by atoms with Gasteiger partial charge in [0, 0.05) is 44.3 Å². The third kappa shape index (κ3) is 4.22. The molecule has 1 aromatic carbocycles. The number of hydrogen-bond donors (Lipinski definition) is 2. The Hall–Kier alpha value is -2.73. The average Bonchev–Trinajstić information content (AvgIpc) is 2.74. The van der Waals surface area contributed by atoms with E-state index in [9.17, 15) is 0 Å². The number of anilines is 2. The van der Waals surface area contributed by atoms with E-state index in [1.807, 2.05) is 6.20 Å². The maximum absolute atomic E-state index is 4.59. The molecule has 2 aromatic heterocycles. The van der Waals surface area contributed by atoms with E-state index in [2.05, 4.69) is 74.7 Å². The van der Waals surface area contributed by atoms with Crippen LogP contribution in [0.1, 0.15) is 20.3 Å². The molecular weight excluding hydrogens is 348 g/mol. The molecule has 1 aliphatic heterocycles. The molecule has 28 heavy (non-hydrogen) atoms. The maximum Gasteiger partial charge on any atom is 0.137 e. The van der Waals surface area contributed by atoms with Crippen molar-refractivity contribution in [2.75, 3.05) is 42.9 Å². The first-order chi connectivity index (χ1) is 13.7. The van der Waals surface area contributed by atoms with Gasteiger partial charge in [-0.05, 0) is 47.7 Å². The van der Waals surface area contributed by atoms with Crippen LogP contribution in [0.4, 0.5) is 11.6 Å². The Morgan fingerprint density at radius 2 is 1.86 bits per heavy atom. The molecule has 0 atom stereocenters. The van der Waals surface area contributed by atoms with Gasteiger partial charge in [0.2, 0.25) is 0 Å². The van der Waals surface area contributed by atoms with E-state index in [1.165, 1.54) is 5.56 Å². The van der Waals surface area contributed by atoms with Crippen LogP contribution in [-0.4, -0.2) is 47.7 Å². The van der Waals surface area contributed by atoms with Gasteiger partial charge in [-0.1, -0.05) is 19.9 Å². The third-order valence-corrected chi connectivity index (χ3v) is 5.17. The van der Waals surface area contributed by atoms with Crippen LogP contribution in [0.2, 0.25) is 0 Å². The molecule has 1 fully saturated rings. The molecule has 1 saturated heterocycles. The highest BCUT2D eigenvalue weighted by molar-refractivity contribution is 5.92. The third-order valence-electron chi connectivity index (χ3n) is 5.17. The van der Waals surface area contributed by atoms with Gasteiger partial charge in [0.05, 0.1) is 5.52 Å². The molecule has 146 valence electrons. The van der Waals surface area contributed by atoms with Crippen LogP contribution in [-0.2, 0) is 0 Å². The Labute approximate surface area is 166 Å². The number of nitrogens with one attached hydrogen (secondary N) is 2. The van der Waals surface area contributed by atoms with Gasteiger partial charge >= 0.3 is 0 Å². The average molecular weight is 377 g/mol. The lowest BCUT2D eigenvalue weighted by Crippen LogP contribution is -2.43. The van der Waals surface area contributed by atoms with E-state index >= 15 is 0 Å². The van der Waals surface area contributed by atoms with Crippen molar-refractivity contribution in [3.05, 3.63) is 42.9 Å². The molecular formula is C22H28N6. The molecule has 1 aliphatic rings. The molecule has 4 rings (SSSR count). The molecule has 3 heterocycles. The zero-order chi connectivity index (χ0) is 19.3. The van der Waals surface area contributed by atoms with Crippen molar-refractivity contribution in [3.63, 3.8) is 0 Å². The van der Waals surface area contributed by atoms with Gasteiger partial charge in [-0.3, -0.25) is 0 Å². The second-order valence-electron chi connectivity index (χ2n) is 7.70. The second kappa shape index (κ2) is 8.52. The van der Waals surface area contributed by atoms with Crippen LogP contribution < -0.4 is 15.5 Å². The van der Waals surface area contributed by atoms with Crippen molar-refractivity contribution >= 4 is 22.5 Å². The Bertz CT molecular complexity index is 933. The molecule has 0 saturated carbocycles. The summed E-state index contributed by atoms with van der Waals surface area (Å²) in [4.78, 5) is 15.8. The quantitative estimate of drug-likeness (QED) is 0.686. The van der Waals surface area contributed by atoms with Crippen molar-refractivity contribution < 1.29 is 0 Å². The van der Waals surface area contributed by atoms with E-state index in [4.69, 9.17) is 0 Å². The molecule has 0 radical (unpaired) electrons. The summed E-state index contributed by atoms with van der Waals surface area (Å²) in [6.45, 7) is 9.37. The molecule has 3 aromatic rings. The Kier molecular flexibility index (Phi) is 5.67. The van der Waals surface area contributed by atoms with Crippen LogP contribution >= 0.6 is 0 Å². The first-order valence-electron chi connectivity index (χ1n) is 10.1. The Morgan fingerprint density at radius 1 is 1.04 bits per heavy atom. The zero-order valence-electron chi connectivity index (χ0n) is 16.7. The Balaban J connectivity index is 1.63. The number of nitrogens with zero attached hydrogens (tertiary/aromatic N) is 4. The van der Waals surface area contributed by atoms with Gasteiger partial charge < -0.3 is 15.5 Å². The van der Waals surface area contributed by atoms with Gasteiger partial charge in [0.1, 0.15) is 18.0 Å². The van der Waals surface area contributed by atoms with E-state index in [-0.39, 0.29) is 0 Å². The summed E-state index contributed by atoms with van der Waals surface area (Å²) in [5, 5.41) is 7.93. The van der Waals surface area contributed by atoms with Crippen molar-refractivity contribution in [3.8, 4) is 11.1 Å². The summed E-state index contributed by atoms with van der Waals surface area (Å²) in [6.07, 6.45) is 4.65. The highest BCUT2D eigenvalue weighted by atomic mass is 15.2. The Morgan fingerprint density at radius 3 is 2.68 bits per heavy atom. The van der Waals surface area contributed by atoms with E-state index in [1.54, 1.807) is 6.33 Å². The van der Waals surface area contributed by atoms with Crippen LogP contribution in [0, 0.1) is 5.92 Å². The summed E-state index contributed by atoms with van der Waals surface area (Å²) < 4.78 is 0. The van der Waals surface area contributed by atoms with Gasteiger partial charge in [0.15, 0.2) is 0 Å². The SMILES string of the molecule is CC(C)CCNc1ncnc2ccc(-c3ccnc(N4CCNCC4)c3)cc12. The van der Waals surface area contributed by atoms with Gasteiger partial charge in [-0.25, -0.2) is 15.0 Å². The summed E-state index contributed by atoms with van der Waals surface area (Å²) in [6, 6.07) is 10.6. The zero-order valence-corrected chi connectivity index (χ0v) is 16.7. The normalized spacial score (nSPS) is 14.6. The molecule has 0 spiro atoms. The topological polar surface area (TPSA) is 66.0 Å². The molecule has 0 aliphatic carbocycles. The van der Waals surface area contributed by atoms with E-state index < -0.39 is 0 Å². The number of pyridine rings is 1. The number of aromatic nitrogens is 3. The number of piperazine rings is 1. The van der Waals surface area contributed by atoms with Crippen LogP contribution in [0.15, 0.2) is 42.9 Å². The van der Waals surface area contributed by atoms with Gasteiger partial charge in [0.25, 0.3) is 0 Å².